The third-order valence-electron chi connectivity index (χ3n) is 4.31. The first kappa shape index (κ1) is 13.3. The maximum atomic E-state index is 4.41. The number of nitrogens with one attached hydrogen (secondary N) is 1. The molecule has 0 aliphatic carbocycles. The molecule has 5 heteroatoms. The number of hydrogen-bond donors (Lipinski definition) is 1. The Labute approximate surface area is 119 Å². The normalized spacial score (nSPS) is 29.6. The SMILES string of the molecule is CC1CC(CN2CCN(c3nccs3)CC2)CCN1. The number of nitrogens with zero attached hydrogens (tertiary/aromatic N) is 3. The van der Waals surface area contributed by atoms with Crippen LogP contribution < -0.4 is 10.2 Å². The second-order valence-corrected chi connectivity index (χ2v) is 6.72. The van der Waals surface area contributed by atoms with E-state index in [1.807, 2.05) is 6.20 Å². The zero-order valence-corrected chi connectivity index (χ0v) is 12.5. The van der Waals surface area contributed by atoms with E-state index < -0.39 is 0 Å². The van der Waals surface area contributed by atoms with Crippen LogP contribution in [0.3, 0.4) is 0 Å². The smallest absolute Gasteiger partial charge is 0.185 e. The zero-order valence-electron chi connectivity index (χ0n) is 11.7. The van der Waals surface area contributed by atoms with Crippen molar-refractivity contribution < 1.29 is 0 Å². The van der Waals surface area contributed by atoms with Gasteiger partial charge in [-0.3, -0.25) is 4.90 Å². The second-order valence-electron chi connectivity index (χ2n) is 5.85. The van der Waals surface area contributed by atoms with Gasteiger partial charge >= 0.3 is 0 Å². The average Bonchev–Trinajstić information content (AvgIpc) is 2.94. The van der Waals surface area contributed by atoms with Gasteiger partial charge in [-0.2, -0.15) is 0 Å². The maximum Gasteiger partial charge on any atom is 0.185 e. The predicted molar refractivity (Wildman–Crippen MR) is 81.0 cm³/mol. The number of piperazine rings is 1. The summed E-state index contributed by atoms with van der Waals surface area (Å²) >= 11 is 1.75. The third-order valence-corrected chi connectivity index (χ3v) is 5.14. The Hall–Kier alpha value is -0.650. The average molecular weight is 280 g/mol. The van der Waals surface area contributed by atoms with E-state index in [1.165, 1.54) is 44.2 Å². The summed E-state index contributed by atoms with van der Waals surface area (Å²) in [5.74, 6) is 0.891. The van der Waals surface area contributed by atoms with Gasteiger partial charge < -0.3 is 10.2 Å². The van der Waals surface area contributed by atoms with E-state index in [0.717, 1.165) is 19.0 Å². The van der Waals surface area contributed by atoms with Crippen LogP contribution in [-0.2, 0) is 0 Å². The molecule has 2 fully saturated rings. The van der Waals surface area contributed by atoms with Gasteiger partial charge in [0.1, 0.15) is 0 Å². The fraction of sp³-hybridized carbons (Fsp3) is 0.786. The van der Waals surface area contributed by atoms with Crippen LogP contribution in [0.2, 0.25) is 0 Å². The highest BCUT2D eigenvalue weighted by molar-refractivity contribution is 7.13. The van der Waals surface area contributed by atoms with E-state index in [0.29, 0.717) is 6.04 Å². The van der Waals surface area contributed by atoms with Crippen molar-refractivity contribution in [3.8, 4) is 0 Å². The van der Waals surface area contributed by atoms with E-state index in [1.54, 1.807) is 11.3 Å². The van der Waals surface area contributed by atoms with Gasteiger partial charge in [0, 0.05) is 50.3 Å². The number of hydrogen-bond acceptors (Lipinski definition) is 5. The monoisotopic (exact) mass is 280 g/mol. The summed E-state index contributed by atoms with van der Waals surface area (Å²) in [6, 6.07) is 0.704. The van der Waals surface area contributed by atoms with Gasteiger partial charge in [-0.25, -0.2) is 4.98 Å². The van der Waals surface area contributed by atoms with Crippen molar-refractivity contribution in [2.45, 2.75) is 25.8 Å². The molecule has 1 aromatic rings. The summed E-state index contributed by atoms with van der Waals surface area (Å²) in [7, 11) is 0. The molecule has 0 bridgehead atoms. The van der Waals surface area contributed by atoms with E-state index in [-0.39, 0.29) is 0 Å². The Balaban J connectivity index is 1.45. The highest BCUT2D eigenvalue weighted by Gasteiger charge is 2.24. The van der Waals surface area contributed by atoms with Crippen molar-refractivity contribution in [2.75, 3.05) is 44.2 Å². The summed E-state index contributed by atoms with van der Waals surface area (Å²) in [5, 5.41) is 6.80. The van der Waals surface area contributed by atoms with Crippen LogP contribution in [0.25, 0.3) is 0 Å². The first-order valence-corrected chi connectivity index (χ1v) is 8.29. The fourth-order valence-electron chi connectivity index (χ4n) is 3.26. The molecular weight excluding hydrogens is 256 g/mol. The second kappa shape index (κ2) is 6.20. The predicted octanol–water partition coefficient (Wildman–Crippen LogP) is 1.65. The zero-order chi connectivity index (χ0) is 13.1. The lowest BCUT2D eigenvalue weighted by atomic mass is 9.92. The molecule has 2 unspecified atom stereocenters. The number of thiazole rings is 1. The topological polar surface area (TPSA) is 31.4 Å². The van der Waals surface area contributed by atoms with Crippen molar-refractivity contribution in [1.29, 1.82) is 0 Å². The molecule has 1 N–H and O–H groups in total. The third kappa shape index (κ3) is 3.46. The number of anilines is 1. The van der Waals surface area contributed by atoms with E-state index in [9.17, 15) is 0 Å². The van der Waals surface area contributed by atoms with Gasteiger partial charge in [0.15, 0.2) is 5.13 Å². The van der Waals surface area contributed by atoms with Gasteiger partial charge in [0.05, 0.1) is 0 Å². The molecule has 106 valence electrons. The molecular formula is C14H24N4S. The molecule has 2 atom stereocenters. The van der Waals surface area contributed by atoms with Crippen molar-refractivity contribution in [2.24, 2.45) is 5.92 Å². The Morgan fingerprint density at radius 1 is 1.37 bits per heavy atom. The molecule has 1 aromatic heterocycles. The summed E-state index contributed by atoms with van der Waals surface area (Å²) in [6.45, 7) is 9.45. The molecule has 3 rings (SSSR count). The van der Waals surface area contributed by atoms with Crippen molar-refractivity contribution >= 4 is 16.5 Å². The highest BCUT2D eigenvalue weighted by atomic mass is 32.1. The van der Waals surface area contributed by atoms with Crippen LogP contribution in [0.1, 0.15) is 19.8 Å². The minimum absolute atomic E-state index is 0.704. The highest BCUT2D eigenvalue weighted by Crippen LogP contribution is 2.21. The van der Waals surface area contributed by atoms with Gasteiger partial charge in [-0.15, -0.1) is 11.3 Å². The molecule has 0 saturated carbocycles. The van der Waals surface area contributed by atoms with Crippen molar-refractivity contribution in [3.05, 3.63) is 11.6 Å². The number of aromatic nitrogens is 1. The van der Waals surface area contributed by atoms with Crippen LogP contribution in [0.4, 0.5) is 5.13 Å². The Morgan fingerprint density at radius 3 is 2.89 bits per heavy atom. The molecule has 0 aromatic carbocycles. The van der Waals surface area contributed by atoms with E-state index in [4.69, 9.17) is 0 Å². The Morgan fingerprint density at radius 2 is 2.21 bits per heavy atom. The first-order chi connectivity index (χ1) is 9.31. The summed E-state index contributed by atoms with van der Waals surface area (Å²) in [6.07, 6.45) is 4.59. The van der Waals surface area contributed by atoms with Crippen LogP contribution in [-0.4, -0.2) is 55.2 Å². The van der Waals surface area contributed by atoms with Gasteiger partial charge in [-0.1, -0.05) is 0 Å². The first-order valence-electron chi connectivity index (χ1n) is 7.41. The van der Waals surface area contributed by atoms with Crippen LogP contribution >= 0.6 is 11.3 Å². The number of rotatable bonds is 3. The van der Waals surface area contributed by atoms with Gasteiger partial charge in [0.2, 0.25) is 0 Å². The minimum Gasteiger partial charge on any atom is -0.346 e. The number of piperidine rings is 1. The van der Waals surface area contributed by atoms with E-state index in [2.05, 4.69) is 32.4 Å². The van der Waals surface area contributed by atoms with Crippen LogP contribution in [0, 0.1) is 5.92 Å². The quantitative estimate of drug-likeness (QED) is 0.912. The molecule has 2 aliphatic rings. The summed E-state index contributed by atoms with van der Waals surface area (Å²) < 4.78 is 0. The molecule has 2 saturated heterocycles. The molecule has 2 aliphatic heterocycles. The lowest BCUT2D eigenvalue weighted by Crippen LogP contribution is -2.49. The molecule has 19 heavy (non-hydrogen) atoms. The molecule has 3 heterocycles. The van der Waals surface area contributed by atoms with E-state index >= 15 is 0 Å². The summed E-state index contributed by atoms with van der Waals surface area (Å²) in [5.41, 5.74) is 0. The molecule has 0 amide bonds. The Bertz CT molecular complexity index is 373. The molecule has 0 spiro atoms. The molecule has 4 nitrogen and oxygen atoms in total. The van der Waals surface area contributed by atoms with Crippen molar-refractivity contribution in [1.82, 2.24) is 15.2 Å². The van der Waals surface area contributed by atoms with Gasteiger partial charge in [-0.05, 0) is 32.2 Å². The summed E-state index contributed by atoms with van der Waals surface area (Å²) in [4.78, 5) is 9.48. The fourth-order valence-corrected chi connectivity index (χ4v) is 3.96. The minimum atomic E-state index is 0.704. The molecule has 0 radical (unpaired) electrons. The van der Waals surface area contributed by atoms with Crippen LogP contribution in [0.5, 0.6) is 0 Å². The maximum absolute atomic E-state index is 4.41. The van der Waals surface area contributed by atoms with Gasteiger partial charge in [0.25, 0.3) is 0 Å². The Kier molecular flexibility index (Phi) is 4.35. The van der Waals surface area contributed by atoms with Crippen LogP contribution in [0.15, 0.2) is 11.6 Å². The largest absolute Gasteiger partial charge is 0.346 e. The lowest BCUT2D eigenvalue weighted by Gasteiger charge is -2.38. The van der Waals surface area contributed by atoms with Crippen molar-refractivity contribution in [3.63, 3.8) is 0 Å². The lowest BCUT2D eigenvalue weighted by molar-refractivity contribution is 0.184. The standard InChI is InChI=1S/C14H24N4S/c1-12-10-13(2-3-15-12)11-17-5-7-18(8-6-17)14-16-4-9-19-14/h4,9,12-13,15H,2-3,5-8,10-11H2,1H3.